The summed E-state index contributed by atoms with van der Waals surface area (Å²) >= 11 is 6.07. The van der Waals surface area contributed by atoms with Crippen molar-refractivity contribution in [2.45, 2.75) is 13.5 Å². The standard InChI is InChI=1S/C17H15ClO5/c1-2-20-16-7-15(12(8-19)6-13(16)18)21-9-11-3-4-14-17(5-11)23-10-22-14/h3-8H,2,9-10H2,1H3. The molecule has 23 heavy (non-hydrogen) atoms. The molecule has 6 heteroatoms. The van der Waals surface area contributed by atoms with Crippen molar-refractivity contribution in [2.75, 3.05) is 13.4 Å². The van der Waals surface area contributed by atoms with E-state index in [0.29, 0.717) is 46.5 Å². The Morgan fingerprint density at radius 2 is 1.96 bits per heavy atom. The molecule has 0 radical (unpaired) electrons. The molecule has 0 unspecified atom stereocenters. The van der Waals surface area contributed by atoms with Crippen LogP contribution in [0, 0.1) is 0 Å². The third-order valence-electron chi connectivity index (χ3n) is 3.32. The van der Waals surface area contributed by atoms with Gasteiger partial charge in [0.05, 0.1) is 17.2 Å². The smallest absolute Gasteiger partial charge is 0.231 e. The minimum Gasteiger partial charge on any atom is -0.492 e. The lowest BCUT2D eigenvalue weighted by Crippen LogP contribution is -2.00. The molecular formula is C17H15ClO5. The fourth-order valence-electron chi connectivity index (χ4n) is 2.23. The van der Waals surface area contributed by atoms with Crippen LogP contribution >= 0.6 is 11.6 Å². The van der Waals surface area contributed by atoms with Crippen LogP contribution in [-0.4, -0.2) is 19.7 Å². The number of halogens is 1. The van der Waals surface area contributed by atoms with Gasteiger partial charge in [0.25, 0.3) is 0 Å². The average Bonchev–Trinajstić information content (AvgIpc) is 3.02. The van der Waals surface area contributed by atoms with Gasteiger partial charge in [0.2, 0.25) is 6.79 Å². The van der Waals surface area contributed by atoms with Crippen LogP contribution in [0.25, 0.3) is 0 Å². The lowest BCUT2D eigenvalue weighted by Gasteiger charge is -2.12. The maximum absolute atomic E-state index is 11.2. The van der Waals surface area contributed by atoms with Crippen LogP contribution in [0.5, 0.6) is 23.0 Å². The highest BCUT2D eigenvalue weighted by Crippen LogP contribution is 2.34. The van der Waals surface area contributed by atoms with Gasteiger partial charge in [-0.15, -0.1) is 0 Å². The summed E-state index contributed by atoms with van der Waals surface area (Å²) in [4.78, 5) is 11.2. The van der Waals surface area contributed by atoms with Crippen LogP contribution in [0.3, 0.4) is 0 Å². The number of rotatable bonds is 6. The van der Waals surface area contributed by atoms with E-state index in [1.54, 1.807) is 6.07 Å². The molecule has 0 N–H and O–H groups in total. The second-order valence-corrected chi connectivity index (χ2v) is 5.25. The Morgan fingerprint density at radius 3 is 2.74 bits per heavy atom. The first kappa shape index (κ1) is 15.5. The number of carbonyl (C=O) groups excluding carboxylic acids is 1. The summed E-state index contributed by atoms with van der Waals surface area (Å²) in [6.45, 7) is 2.84. The molecule has 0 amide bonds. The first-order chi connectivity index (χ1) is 11.2. The van der Waals surface area contributed by atoms with Crippen molar-refractivity contribution in [3.63, 3.8) is 0 Å². The number of carbonyl (C=O) groups is 1. The Morgan fingerprint density at radius 1 is 1.13 bits per heavy atom. The molecule has 3 rings (SSSR count). The van der Waals surface area contributed by atoms with Gasteiger partial charge in [-0.05, 0) is 30.7 Å². The Hall–Kier alpha value is -2.40. The quantitative estimate of drug-likeness (QED) is 0.751. The molecule has 0 saturated heterocycles. The van der Waals surface area contributed by atoms with E-state index in [9.17, 15) is 4.79 Å². The monoisotopic (exact) mass is 334 g/mol. The van der Waals surface area contributed by atoms with E-state index in [1.165, 1.54) is 6.07 Å². The highest BCUT2D eigenvalue weighted by Gasteiger charge is 2.14. The summed E-state index contributed by atoms with van der Waals surface area (Å²) < 4.78 is 21.8. The zero-order valence-corrected chi connectivity index (χ0v) is 13.3. The van der Waals surface area contributed by atoms with Crippen molar-refractivity contribution >= 4 is 17.9 Å². The maximum Gasteiger partial charge on any atom is 0.231 e. The van der Waals surface area contributed by atoms with E-state index >= 15 is 0 Å². The highest BCUT2D eigenvalue weighted by atomic mass is 35.5. The van der Waals surface area contributed by atoms with Crippen LogP contribution < -0.4 is 18.9 Å². The van der Waals surface area contributed by atoms with Crippen LogP contribution in [0.2, 0.25) is 5.02 Å². The Balaban J connectivity index is 1.79. The maximum atomic E-state index is 11.2. The van der Waals surface area contributed by atoms with Gasteiger partial charge in [-0.3, -0.25) is 4.79 Å². The highest BCUT2D eigenvalue weighted by molar-refractivity contribution is 6.32. The van der Waals surface area contributed by atoms with E-state index < -0.39 is 0 Å². The molecule has 0 atom stereocenters. The van der Waals surface area contributed by atoms with Crippen LogP contribution in [0.4, 0.5) is 0 Å². The minimum absolute atomic E-state index is 0.226. The minimum atomic E-state index is 0.226. The lowest BCUT2D eigenvalue weighted by atomic mass is 10.2. The van der Waals surface area contributed by atoms with Gasteiger partial charge in [-0.25, -0.2) is 0 Å². The Labute approximate surface area is 138 Å². The molecule has 5 nitrogen and oxygen atoms in total. The number of hydrogen-bond donors (Lipinski definition) is 0. The first-order valence-corrected chi connectivity index (χ1v) is 7.52. The molecule has 0 fully saturated rings. The fourth-order valence-corrected chi connectivity index (χ4v) is 2.45. The van der Waals surface area contributed by atoms with Crippen molar-refractivity contribution in [3.05, 3.63) is 46.5 Å². The van der Waals surface area contributed by atoms with Gasteiger partial charge >= 0.3 is 0 Å². The van der Waals surface area contributed by atoms with E-state index in [1.807, 2.05) is 25.1 Å². The predicted octanol–water partition coefficient (Wildman–Crippen LogP) is 3.86. The predicted molar refractivity (Wildman–Crippen MR) is 84.9 cm³/mol. The summed E-state index contributed by atoms with van der Waals surface area (Å²) in [5.41, 5.74) is 1.28. The summed E-state index contributed by atoms with van der Waals surface area (Å²) in [7, 11) is 0. The van der Waals surface area contributed by atoms with Gasteiger partial charge in [0, 0.05) is 6.07 Å². The van der Waals surface area contributed by atoms with E-state index in [2.05, 4.69) is 0 Å². The number of benzene rings is 2. The average molecular weight is 335 g/mol. The molecule has 2 aromatic rings. The molecule has 120 valence electrons. The SMILES string of the molecule is CCOc1cc(OCc2ccc3c(c2)OCO3)c(C=O)cc1Cl. The van der Waals surface area contributed by atoms with Gasteiger partial charge < -0.3 is 18.9 Å². The molecule has 1 aliphatic heterocycles. The topological polar surface area (TPSA) is 54.0 Å². The lowest BCUT2D eigenvalue weighted by molar-refractivity contribution is 0.111. The third-order valence-corrected chi connectivity index (χ3v) is 3.62. The van der Waals surface area contributed by atoms with Gasteiger partial charge in [-0.1, -0.05) is 17.7 Å². The van der Waals surface area contributed by atoms with E-state index in [0.717, 1.165) is 5.56 Å². The summed E-state index contributed by atoms with van der Waals surface area (Å²) in [6.07, 6.45) is 0.705. The zero-order chi connectivity index (χ0) is 16.2. The fraction of sp³-hybridized carbons (Fsp3) is 0.235. The second kappa shape index (κ2) is 6.79. The molecule has 1 aliphatic rings. The molecule has 0 spiro atoms. The van der Waals surface area contributed by atoms with Crippen molar-refractivity contribution in [1.82, 2.24) is 0 Å². The zero-order valence-electron chi connectivity index (χ0n) is 12.5. The molecule has 0 aliphatic carbocycles. The largest absolute Gasteiger partial charge is 0.492 e. The molecule has 0 saturated carbocycles. The van der Waals surface area contributed by atoms with Crippen molar-refractivity contribution in [3.8, 4) is 23.0 Å². The van der Waals surface area contributed by atoms with Crippen LogP contribution in [0.15, 0.2) is 30.3 Å². The van der Waals surface area contributed by atoms with Gasteiger partial charge in [0.15, 0.2) is 17.8 Å². The molecule has 2 aromatic carbocycles. The van der Waals surface area contributed by atoms with E-state index in [-0.39, 0.29) is 13.4 Å². The Kier molecular flexibility index (Phi) is 4.57. The third kappa shape index (κ3) is 3.35. The molecule has 1 heterocycles. The number of hydrogen-bond acceptors (Lipinski definition) is 5. The van der Waals surface area contributed by atoms with Crippen molar-refractivity contribution in [1.29, 1.82) is 0 Å². The van der Waals surface area contributed by atoms with Crippen molar-refractivity contribution in [2.24, 2.45) is 0 Å². The van der Waals surface area contributed by atoms with Crippen LogP contribution in [-0.2, 0) is 6.61 Å². The molecule has 0 bridgehead atoms. The second-order valence-electron chi connectivity index (χ2n) is 4.85. The molecule has 0 aromatic heterocycles. The van der Waals surface area contributed by atoms with Crippen molar-refractivity contribution < 1.29 is 23.7 Å². The number of aldehydes is 1. The van der Waals surface area contributed by atoms with Crippen LogP contribution in [0.1, 0.15) is 22.8 Å². The summed E-state index contributed by atoms with van der Waals surface area (Å²) in [5, 5.41) is 0.379. The van der Waals surface area contributed by atoms with E-state index in [4.69, 9.17) is 30.5 Å². The number of ether oxygens (including phenoxy) is 4. The first-order valence-electron chi connectivity index (χ1n) is 7.14. The van der Waals surface area contributed by atoms with Gasteiger partial charge in [-0.2, -0.15) is 0 Å². The normalized spacial score (nSPS) is 12.1. The van der Waals surface area contributed by atoms with Gasteiger partial charge in [0.1, 0.15) is 18.1 Å². The Bertz CT molecular complexity index is 729. The molecular weight excluding hydrogens is 320 g/mol. The summed E-state index contributed by atoms with van der Waals surface area (Å²) in [5.74, 6) is 2.31. The summed E-state index contributed by atoms with van der Waals surface area (Å²) in [6, 6.07) is 8.72. The number of fused-ring (bicyclic) bond motifs is 1.